The summed E-state index contributed by atoms with van der Waals surface area (Å²) in [7, 11) is 0. The van der Waals surface area contributed by atoms with Crippen LogP contribution in [-0.4, -0.2) is 30.6 Å². The molecule has 2 nitrogen and oxygen atoms in total. The van der Waals surface area contributed by atoms with Gasteiger partial charge in [-0.2, -0.15) is 0 Å². The predicted octanol–water partition coefficient (Wildman–Crippen LogP) is 3.97. The molecule has 0 aromatic heterocycles. The number of hydrogen-bond donors (Lipinski definition) is 1. The Morgan fingerprint density at radius 2 is 1.71 bits per heavy atom. The van der Waals surface area contributed by atoms with E-state index in [1.807, 2.05) is 0 Å². The van der Waals surface area contributed by atoms with Crippen LogP contribution in [0.4, 0.5) is 0 Å². The van der Waals surface area contributed by atoms with E-state index in [1.54, 1.807) is 0 Å². The molecule has 1 aliphatic rings. The molecule has 1 fully saturated rings. The number of hydrogen-bond acceptors (Lipinski definition) is 2. The van der Waals surface area contributed by atoms with E-state index in [-0.39, 0.29) is 0 Å². The van der Waals surface area contributed by atoms with Gasteiger partial charge in [-0.05, 0) is 81.9 Å². The fourth-order valence-corrected chi connectivity index (χ4v) is 3.21. The van der Waals surface area contributed by atoms with E-state index >= 15 is 0 Å². The minimum Gasteiger partial charge on any atom is -0.310 e. The molecule has 1 saturated heterocycles. The Bertz CT molecular complexity index is 445. The maximum Gasteiger partial charge on any atom is 0.0210 e. The Kier molecular flexibility index (Phi) is 6.25. The lowest BCUT2D eigenvalue weighted by Crippen LogP contribution is -2.42. The summed E-state index contributed by atoms with van der Waals surface area (Å²) in [5.41, 5.74) is 5.70. The van der Waals surface area contributed by atoms with Gasteiger partial charge >= 0.3 is 0 Å². The van der Waals surface area contributed by atoms with Crippen molar-refractivity contribution >= 4 is 0 Å². The average Bonchev–Trinajstić information content (AvgIpc) is 2.48. The minimum atomic E-state index is 0.698. The smallest absolute Gasteiger partial charge is 0.0210 e. The summed E-state index contributed by atoms with van der Waals surface area (Å²) < 4.78 is 0. The van der Waals surface area contributed by atoms with Crippen LogP contribution in [0.15, 0.2) is 12.1 Å². The highest BCUT2D eigenvalue weighted by Gasteiger charge is 2.18. The zero-order valence-electron chi connectivity index (χ0n) is 14.3. The standard InChI is InChI=1S/C19H32N2/c1-5-6-9-21-10-7-19(8-11-21)20-14-18-13-16(3)15(2)12-17(18)4/h12-13,19-20H,5-11,14H2,1-4H3. The van der Waals surface area contributed by atoms with Gasteiger partial charge in [-0.1, -0.05) is 25.5 Å². The predicted molar refractivity (Wildman–Crippen MR) is 91.9 cm³/mol. The first kappa shape index (κ1) is 16.5. The van der Waals surface area contributed by atoms with Gasteiger partial charge in [-0.3, -0.25) is 0 Å². The van der Waals surface area contributed by atoms with Gasteiger partial charge in [0.2, 0.25) is 0 Å². The van der Waals surface area contributed by atoms with Crippen molar-refractivity contribution in [2.24, 2.45) is 0 Å². The van der Waals surface area contributed by atoms with Gasteiger partial charge in [-0.25, -0.2) is 0 Å². The first-order chi connectivity index (χ1) is 10.1. The molecule has 0 unspecified atom stereocenters. The number of piperidine rings is 1. The van der Waals surface area contributed by atoms with E-state index in [0.717, 1.165) is 6.54 Å². The molecule has 0 radical (unpaired) electrons. The number of nitrogens with one attached hydrogen (secondary N) is 1. The number of nitrogens with zero attached hydrogens (tertiary/aromatic N) is 1. The van der Waals surface area contributed by atoms with Crippen molar-refractivity contribution < 1.29 is 0 Å². The van der Waals surface area contributed by atoms with Gasteiger partial charge < -0.3 is 10.2 Å². The summed E-state index contributed by atoms with van der Waals surface area (Å²) in [5, 5.41) is 3.78. The van der Waals surface area contributed by atoms with Crippen molar-refractivity contribution in [3.63, 3.8) is 0 Å². The first-order valence-electron chi connectivity index (χ1n) is 8.62. The second-order valence-electron chi connectivity index (χ2n) is 6.71. The van der Waals surface area contributed by atoms with Crippen LogP contribution in [0.3, 0.4) is 0 Å². The third kappa shape index (κ3) is 4.82. The monoisotopic (exact) mass is 288 g/mol. The molecule has 0 spiro atoms. The normalized spacial score (nSPS) is 17.3. The Morgan fingerprint density at radius 3 is 2.38 bits per heavy atom. The second-order valence-corrected chi connectivity index (χ2v) is 6.71. The molecule has 1 heterocycles. The van der Waals surface area contributed by atoms with Crippen molar-refractivity contribution in [3.8, 4) is 0 Å². The molecular weight excluding hydrogens is 256 g/mol. The van der Waals surface area contributed by atoms with Gasteiger partial charge in [0.15, 0.2) is 0 Å². The Morgan fingerprint density at radius 1 is 1.05 bits per heavy atom. The second kappa shape index (κ2) is 7.95. The Balaban J connectivity index is 1.78. The van der Waals surface area contributed by atoms with E-state index in [0.29, 0.717) is 6.04 Å². The molecule has 2 rings (SSSR count). The molecule has 1 aromatic carbocycles. The maximum absolute atomic E-state index is 3.78. The third-order valence-corrected chi connectivity index (χ3v) is 4.95. The van der Waals surface area contributed by atoms with Crippen molar-refractivity contribution in [2.45, 2.75) is 66.0 Å². The Hall–Kier alpha value is -0.860. The van der Waals surface area contributed by atoms with Crippen molar-refractivity contribution in [1.29, 1.82) is 0 Å². The van der Waals surface area contributed by atoms with Gasteiger partial charge in [-0.15, -0.1) is 0 Å². The van der Waals surface area contributed by atoms with Crippen LogP contribution in [0.1, 0.15) is 54.9 Å². The van der Waals surface area contributed by atoms with E-state index in [9.17, 15) is 0 Å². The molecule has 1 aliphatic heterocycles. The van der Waals surface area contributed by atoms with Crippen LogP contribution in [0.2, 0.25) is 0 Å². The number of unbranched alkanes of at least 4 members (excludes halogenated alkanes) is 1. The minimum absolute atomic E-state index is 0.698. The highest BCUT2D eigenvalue weighted by atomic mass is 15.1. The molecule has 0 saturated carbocycles. The molecule has 118 valence electrons. The lowest BCUT2D eigenvalue weighted by atomic mass is 9.99. The molecule has 0 atom stereocenters. The fourth-order valence-electron chi connectivity index (χ4n) is 3.21. The molecule has 1 N–H and O–H groups in total. The molecule has 0 bridgehead atoms. The zero-order chi connectivity index (χ0) is 15.2. The third-order valence-electron chi connectivity index (χ3n) is 4.95. The van der Waals surface area contributed by atoms with Crippen LogP contribution in [0.25, 0.3) is 0 Å². The van der Waals surface area contributed by atoms with Crippen LogP contribution >= 0.6 is 0 Å². The van der Waals surface area contributed by atoms with Crippen LogP contribution in [0.5, 0.6) is 0 Å². The van der Waals surface area contributed by atoms with Crippen molar-refractivity contribution in [3.05, 3.63) is 34.4 Å². The molecule has 0 amide bonds. The summed E-state index contributed by atoms with van der Waals surface area (Å²) in [5.74, 6) is 0. The highest BCUT2D eigenvalue weighted by molar-refractivity contribution is 5.36. The van der Waals surface area contributed by atoms with Crippen LogP contribution in [-0.2, 0) is 6.54 Å². The molecule has 21 heavy (non-hydrogen) atoms. The molecule has 2 heteroatoms. The maximum atomic E-state index is 3.78. The van der Waals surface area contributed by atoms with Gasteiger partial charge in [0.1, 0.15) is 0 Å². The molecular formula is C19H32N2. The number of aryl methyl sites for hydroxylation is 3. The number of rotatable bonds is 6. The molecule has 0 aliphatic carbocycles. The quantitative estimate of drug-likeness (QED) is 0.852. The van der Waals surface area contributed by atoms with Crippen LogP contribution in [0, 0.1) is 20.8 Å². The van der Waals surface area contributed by atoms with E-state index in [2.05, 4.69) is 50.0 Å². The van der Waals surface area contributed by atoms with Gasteiger partial charge in [0.25, 0.3) is 0 Å². The van der Waals surface area contributed by atoms with Gasteiger partial charge in [0, 0.05) is 12.6 Å². The zero-order valence-corrected chi connectivity index (χ0v) is 14.3. The van der Waals surface area contributed by atoms with E-state index in [1.165, 1.54) is 67.6 Å². The van der Waals surface area contributed by atoms with Gasteiger partial charge in [0.05, 0.1) is 0 Å². The summed E-state index contributed by atoms with van der Waals surface area (Å²) in [6, 6.07) is 5.37. The number of likely N-dealkylation sites (tertiary alicyclic amines) is 1. The summed E-state index contributed by atoms with van der Waals surface area (Å²) in [6.45, 7) is 13.8. The first-order valence-corrected chi connectivity index (χ1v) is 8.62. The fraction of sp³-hybridized carbons (Fsp3) is 0.684. The summed E-state index contributed by atoms with van der Waals surface area (Å²) >= 11 is 0. The molecule has 1 aromatic rings. The summed E-state index contributed by atoms with van der Waals surface area (Å²) in [4.78, 5) is 2.63. The Labute approximate surface area is 130 Å². The lowest BCUT2D eigenvalue weighted by Gasteiger charge is -2.32. The van der Waals surface area contributed by atoms with Crippen molar-refractivity contribution in [2.75, 3.05) is 19.6 Å². The summed E-state index contributed by atoms with van der Waals surface area (Å²) in [6.07, 6.45) is 5.26. The topological polar surface area (TPSA) is 15.3 Å². The largest absolute Gasteiger partial charge is 0.310 e. The SMILES string of the molecule is CCCCN1CCC(NCc2cc(C)c(C)cc2C)CC1. The van der Waals surface area contributed by atoms with E-state index in [4.69, 9.17) is 0 Å². The number of benzene rings is 1. The van der Waals surface area contributed by atoms with Crippen LogP contribution < -0.4 is 5.32 Å². The highest BCUT2D eigenvalue weighted by Crippen LogP contribution is 2.17. The van der Waals surface area contributed by atoms with Crippen molar-refractivity contribution in [1.82, 2.24) is 10.2 Å². The van der Waals surface area contributed by atoms with E-state index < -0.39 is 0 Å². The average molecular weight is 288 g/mol. The lowest BCUT2D eigenvalue weighted by molar-refractivity contribution is 0.195.